The minimum absolute atomic E-state index is 0. The highest BCUT2D eigenvalue weighted by molar-refractivity contribution is 14.0. The molecule has 1 aromatic carbocycles. The van der Waals surface area contributed by atoms with Gasteiger partial charge in [-0.3, -0.25) is 4.99 Å². The number of aliphatic hydroxyl groups is 1. The Hall–Kier alpha value is -1.06. The largest absolute Gasteiger partial charge is 0.497 e. The number of benzene rings is 1. The van der Waals surface area contributed by atoms with E-state index in [0.29, 0.717) is 6.61 Å². The Morgan fingerprint density at radius 1 is 1.37 bits per heavy atom. The minimum Gasteiger partial charge on any atom is -0.497 e. The summed E-state index contributed by atoms with van der Waals surface area (Å²) in [5.41, 5.74) is 1.13. The molecule has 7 heteroatoms. The quantitative estimate of drug-likeness (QED) is 0.296. The van der Waals surface area contributed by atoms with Crippen molar-refractivity contribution in [1.29, 1.82) is 0 Å². The Labute approximate surface area is 180 Å². The Bertz CT molecular complexity index is 602. The summed E-state index contributed by atoms with van der Waals surface area (Å²) >= 11 is 0. The number of hydrogen-bond acceptors (Lipinski definition) is 4. The fourth-order valence-electron chi connectivity index (χ4n) is 3.25. The molecule has 1 heterocycles. The van der Waals surface area contributed by atoms with Crippen molar-refractivity contribution in [2.45, 2.75) is 32.1 Å². The van der Waals surface area contributed by atoms with Crippen molar-refractivity contribution in [3.05, 3.63) is 29.8 Å². The van der Waals surface area contributed by atoms with E-state index < -0.39 is 0 Å². The number of guanidine groups is 1. The van der Waals surface area contributed by atoms with Gasteiger partial charge in [0.05, 0.1) is 13.7 Å². The molecule has 27 heavy (non-hydrogen) atoms. The van der Waals surface area contributed by atoms with Gasteiger partial charge in [0.15, 0.2) is 5.96 Å². The molecule has 1 atom stereocenters. The number of methoxy groups -OCH3 is 1. The van der Waals surface area contributed by atoms with Crippen molar-refractivity contribution < 1.29 is 14.6 Å². The van der Waals surface area contributed by atoms with Crippen LogP contribution >= 0.6 is 24.0 Å². The van der Waals surface area contributed by atoms with Gasteiger partial charge in [-0.25, -0.2) is 0 Å². The van der Waals surface area contributed by atoms with Crippen LogP contribution < -0.4 is 15.4 Å². The van der Waals surface area contributed by atoms with Gasteiger partial charge in [0, 0.05) is 44.2 Å². The predicted molar refractivity (Wildman–Crippen MR) is 120 cm³/mol. The fourth-order valence-corrected chi connectivity index (χ4v) is 3.25. The first-order chi connectivity index (χ1) is 12.4. The molecule has 1 aliphatic heterocycles. The van der Waals surface area contributed by atoms with E-state index in [1.807, 2.05) is 12.1 Å². The van der Waals surface area contributed by atoms with E-state index in [9.17, 15) is 5.11 Å². The lowest BCUT2D eigenvalue weighted by Crippen LogP contribution is -2.47. The number of hydrogen-bond donors (Lipinski definition) is 3. The van der Waals surface area contributed by atoms with Gasteiger partial charge in [-0.15, -0.1) is 24.0 Å². The summed E-state index contributed by atoms with van der Waals surface area (Å²) in [6.07, 6.45) is 1.71. The molecule has 6 nitrogen and oxygen atoms in total. The minimum atomic E-state index is -0.0780. The Morgan fingerprint density at radius 2 is 2.15 bits per heavy atom. The molecule has 1 fully saturated rings. The SMILES string of the molecule is CN=C(NCC1(CCO)CCOC1)NCC(C)(C)c1cccc(OC)c1.I. The van der Waals surface area contributed by atoms with Crippen LogP contribution in [0.2, 0.25) is 0 Å². The highest BCUT2D eigenvalue weighted by Crippen LogP contribution is 2.31. The molecule has 0 aromatic heterocycles. The van der Waals surface area contributed by atoms with Crippen LogP contribution in [-0.4, -0.2) is 58.1 Å². The molecule has 0 bridgehead atoms. The summed E-state index contributed by atoms with van der Waals surface area (Å²) in [5, 5.41) is 16.2. The number of ether oxygens (including phenoxy) is 2. The van der Waals surface area contributed by atoms with Gasteiger partial charge in [-0.2, -0.15) is 0 Å². The van der Waals surface area contributed by atoms with Gasteiger partial charge in [-0.1, -0.05) is 26.0 Å². The molecule has 0 amide bonds. The summed E-state index contributed by atoms with van der Waals surface area (Å²) in [4.78, 5) is 4.34. The Morgan fingerprint density at radius 3 is 2.74 bits per heavy atom. The zero-order valence-corrected chi connectivity index (χ0v) is 19.2. The lowest BCUT2D eigenvalue weighted by atomic mass is 9.84. The zero-order chi connectivity index (χ0) is 19.0. The molecule has 0 aliphatic carbocycles. The summed E-state index contributed by atoms with van der Waals surface area (Å²) in [7, 11) is 3.46. The molecule has 0 spiro atoms. The van der Waals surface area contributed by atoms with E-state index in [-0.39, 0.29) is 41.4 Å². The second-order valence-electron chi connectivity index (χ2n) is 7.67. The average molecular weight is 491 g/mol. The number of nitrogens with zero attached hydrogens (tertiary/aromatic N) is 1. The lowest BCUT2D eigenvalue weighted by Gasteiger charge is -2.30. The van der Waals surface area contributed by atoms with Crippen LogP contribution in [-0.2, 0) is 10.2 Å². The third-order valence-corrected chi connectivity index (χ3v) is 5.23. The maximum absolute atomic E-state index is 9.35. The highest BCUT2D eigenvalue weighted by Gasteiger charge is 2.34. The van der Waals surface area contributed by atoms with Gasteiger partial charge in [0.2, 0.25) is 0 Å². The summed E-state index contributed by atoms with van der Waals surface area (Å²) in [6, 6.07) is 8.16. The van der Waals surface area contributed by atoms with Crippen molar-refractivity contribution in [3.8, 4) is 5.75 Å². The number of nitrogens with one attached hydrogen (secondary N) is 2. The second-order valence-corrected chi connectivity index (χ2v) is 7.67. The second kappa shape index (κ2) is 11.1. The molecule has 1 aliphatic rings. The Balaban J connectivity index is 0.00000364. The molecular formula is C20H34IN3O3. The smallest absolute Gasteiger partial charge is 0.191 e. The van der Waals surface area contributed by atoms with Crippen LogP contribution in [0.25, 0.3) is 0 Å². The average Bonchev–Trinajstić information content (AvgIpc) is 3.11. The summed E-state index contributed by atoms with van der Waals surface area (Å²) < 4.78 is 10.9. The van der Waals surface area contributed by atoms with Crippen molar-refractivity contribution >= 4 is 29.9 Å². The molecule has 0 saturated carbocycles. The van der Waals surface area contributed by atoms with E-state index in [2.05, 4.69) is 41.6 Å². The van der Waals surface area contributed by atoms with Crippen LogP contribution in [0.15, 0.2) is 29.3 Å². The number of halogens is 1. The van der Waals surface area contributed by atoms with Crippen LogP contribution in [0.3, 0.4) is 0 Å². The molecule has 1 saturated heterocycles. The maximum atomic E-state index is 9.35. The van der Waals surface area contributed by atoms with Crippen LogP contribution in [0.5, 0.6) is 5.75 Å². The molecule has 1 aromatic rings. The molecule has 2 rings (SSSR count). The Kier molecular flexibility index (Phi) is 9.83. The van der Waals surface area contributed by atoms with E-state index in [0.717, 1.165) is 44.2 Å². The number of aliphatic imine (C=N–C) groups is 1. The lowest BCUT2D eigenvalue weighted by molar-refractivity contribution is 0.127. The van der Waals surface area contributed by atoms with Crippen LogP contribution in [0, 0.1) is 5.41 Å². The highest BCUT2D eigenvalue weighted by atomic mass is 127. The van der Waals surface area contributed by atoms with Gasteiger partial charge in [0.25, 0.3) is 0 Å². The topological polar surface area (TPSA) is 75.1 Å². The summed E-state index contributed by atoms with van der Waals surface area (Å²) in [6.45, 7) is 7.50. The van der Waals surface area contributed by atoms with Gasteiger partial charge in [-0.05, 0) is 30.5 Å². The van der Waals surface area contributed by atoms with Crippen molar-refractivity contribution in [1.82, 2.24) is 10.6 Å². The number of aliphatic hydroxyl groups excluding tert-OH is 1. The van der Waals surface area contributed by atoms with E-state index in [1.54, 1.807) is 14.2 Å². The predicted octanol–water partition coefficient (Wildman–Crippen LogP) is 2.54. The monoisotopic (exact) mass is 491 g/mol. The fraction of sp³-hybridized carbons (Fsp3) is 0.650. The van der Waals surface area contributed by atoms with Crippen molar-refractivity contribution in [2.24, 2.45) is 10.4 Å². The maximum Gasteiger partial charge on any atom is 0.191 e. The molecule has 3 N–H and O–H groups in total. The normalized spacial score (nSPS) is 20.1. The molecule has 0 radical (unpaired) electrons. The van der Waals surface area contributed by atoms with E-state index >= 15 is 0 Å². The third kappa shape index (κ3) is 6.80. The number of rotatable bonds is 8. The molecule has 1 unspecified atom stereocenters. The van der Waals surface area contributed by atoms with Gasteiger partial charge < -0.3 is 25.2 Å². The van der Waals surface area contributed by atoms with E-state index in [1.165, 1.54) is 5.56 Å². The van der Waals surface area contributed by atoms with Crippen LogP contribution in [0.4, 0.5) is 0 Å². The van der Waals surface area contributed by atoms with E-state index in [4.69, 9.17) is 9.47 Å². The third-order valence-electron chi connectivity index (χ3n) is 5.23. The van der Waals surface area contributed by atoms with Gasteiger partial charge >= 0.3 is 0 Å². The zero-order valence-electron chi connectivity index (χ0n) is 16.9. The summed E-state index contributed by atoms with van der Waals surface area (Å²) in [5.74, 6) is 1.63. The molecule has 154 valence electrons. The first kappa shape index (κ1) is 24.0. The van der Waals surface area contributed by atoms with Gasteiger partial charge in [0.1, 0.15) is 5.75 Å². The van der Waals surface area contributed by atoms with Crippen LogP contribution in [0.1, 0.15) is 32.3 Å². The molecular weight excluding hydrogens is 457 g/mol. The standard InChI is InChI=1S/C20H33N3O3.HI/c1-19(2,16-6-5-7-17(12-16)25-4)13-22-18(21-3)23-14-20(8-10-24)9-11-26-15-20;/h5-7,12,24H,8-11,13-15H2,1-4H3,(H2,21,22,23);1H. The first-order valence-corrected chi connectivity index (χ1v) is 9.22. The van der Waals surface area contributed by atoms with Crippen molar-refractivity contribution in [3.63, 3.8) is 0 Å². The van der Waals surface area contributed by atoms with Crippen molar-refractivity contribution in [2.75, 3.05) is 47.1 Å². The first-order valence-electron chi connectivity index (χ1n) is 9.22.